The van der Waals surface area contributed by atoms with Gasteiger partial charge in [-0.25, -0.2) is 22.9 Å². The first-order chi connectivity index (χ1) is 16.4. The van der Waals surface area contributed by atoms with E-state index in [0.29, 0.717) is 19.5 Å². The predicted molar refractivity (Wildman–Crippen MR) is 128 cm³/mol. The van der Waals surface area contributed by atoms with Gasteiger partial charge in [0.1, 0.15) is 10.8 Å². The molecular weight excluding hydrogens is 463 g/mol. The third kappa shape index (κ3) is 5.97. The van der Waals surface area contributed by atoms with E-state index in [4.69, 9.17) is 5.73 Å². The number of nitrogens with two attached hydrogens (primary N) is 1. The summed E-state index contributed by atoms with van der Waals surface area (Å²) >= 11 is 1.59. The maximum absolute atomic E-state index is 13.7. The zero-order valence-electron chi connectivity index (χ0n) is 19.0. The van der Waals surface area contributed by atoms with Gasteiger partial charge in [-0.3, -0.25) is 0 Å². The highest BCUT2D eigenvalue weighted by Crippen LogP contribution is 2.33. The lowest BCUT2D eigenvalue weighted by atomic mass is 9.93. The Morgan fingerprint density at radius 3 is 2.76 bits per heavy atom. The molecule has 184 valence electrons. The minimum absolute atomic E-state index is 0.0109. The van der Waals surface area contributed by atoms with Gasteiger partial charge in [0, 0.05) is 37.6 Å². The van der Waals surface area contributed by atoms with E-state index in [-0.39, 0.29) is 17.8 Å². The van der Waals surface area contributed by atoms with Crippen molar-refractivity contribution in [1.82, 2.24) is 14.8 Å². The van der Waals surface area contributed by atoms with E-state index >= 15 is 0 Å². The summed E-state index contributed by atoms with van der Waals surface area (Å²) in [6.07, 6.45) is 5.69. The van der Waals surface area contributed by atoms with E-state index in [1.807, 2.05) is 6.20 Å². The average Bonchev–Trinajstić information content (AvgIpc) is 3.53. The molecule has 2 aliphatic rings. The number of urea groups is 1. The lowest BCUT2D eigenvalue weighted by molar-refractivity contribution is 0.146. The van der Waals surface area contributed by atoms with Gasteiger partial charge < -0.3 is 20.9 Å². The Kier molecular flexibility index (Phi) is 8.23. The summed E-state index contributed by atoms with van der Waals surface area (Å²) in [4.78, 5) is 22.8. The molecule has 1 aromatic heterocycles. The Hall–Kier alpha value is -2.43. The van der Waals surface area contributed by atoms with Gasteiger partial charge in [0.15, 0.2) is 0 Å². The number of anilines is 1. The van der Waals surface area contributed by atoms with Crippen LogP contribution in [0.25, 0.3) is 5.57 Å². The molecule has 2 amide bonds. The van der Waals surface area contributed by atoms with Crippen molar-refractivity contribution in [2.24, 2.45) is 5.73 Å². The zero-order chi connectivity index (χ0) is 24.1. The molecule has 1 aliphatic heterocycles. The third-order valence-corrected chi connectivity index (χ3v) is 7.56. The fraction of sp³-hybridized carbons (Fsp3) is 0.500. The van der Waals surface area contributed by atoms with Gasteiger partial charge in [0.25, 0.3) is 6.43 Å². The van der Waals surface area contributed by atoms with Gasteiger partial charge in [-0.2, -0.15) is 0 Å². The van der Waals surface area contributed by atoms with Crippen LogP contribution in [0.5, 0.6) is 0 Å². The molecule has 6 nitrogen and oxygen atoms in total. The number of nitrogens with zero attached hydrogens (tertiary/aromatic N) is 3. The minimum atomic E-state index is -2.95. The van der Waals surface area contributed by atoms with E-state index in [2.05, 4.69) is 21.3 Å². The van der Waals surface area contributed by atoms with Crippen molar-refractivity contribution in [1.29, 1.82) is 0 Å². The molecule has 1 unspecified atom stereocenters. The second-order valence-electron chi connectivity index (χ2n) is 8.69. The standard InChI is InChI=1S/C24H30F3N5OS/c25-20-8-5-17(13-19(20)23(26)27)30-24(33)32(12-11-31-9-1-2-10-31)18-6-3-16(4-7-18)21-15-29-22(14-28)34-21/h3,5,8,13,15,18,23H,1-2,4,6-7,9-12,14,28H2,(H,30,33). The highest BCUT2D eigenvalue weighted by molar-refractivity contribution is 7.12. The Morgan fingerprint density at radius 1 is 1.32 bits per heavy atom. The topological polar surface area (TPSA) is 74.5 Å². The Morgan fingerprint density at radius 2 is 2.12 bits per heavy atom. The van der Waals surface area contributed by atoms with Crippen LogP contribution in [-0.4, -0.2) is 53.0 Å². The first kappa shape index (κ1) is 24.7. The van der Waals surface area contributed by atoms with Crippen LogP contribution >= 0.6 is 11.3 Å². The van der Waals surface area contributed by atoms with Crippen molar-refractivity contribution in [2.45, 2.75) is 51.1 Å². The van der Waals surface area contributed by atoms with Gasteiger partial charge >= 0.3 is 6.03 Å². The van der Waals surface area contributed by atoms with Crippen LogP contribution in [-0.2, 0) is 6.54 Å². The molecule has 1 atom stereocenters. The van der Waals surface area contributed by atoms with Crippen LogP contribution in [0.1, 0.15) is 54.0 Å². The Balaban J connectivity index is 1.47. The maximum atomic E-state index is 13.7. The number of alkyl halides is 2. The molecule has 0 radical (unpaired) electrons. The van der Waals surface area contributed by atoms with Gasteiger partial charge in [-0.1, -0.05) is 6.08 Å². The molecule has 0 bridgehead atoms. The van der Waals surface area contributed by atoms with Crippen molar-refractivity contribution in [2.75, 3.05) is 31.5 Å². The van der Waals surface area contributed by atoms with Crippen LogP contribution in [0.4, 0.5) is 23.7 Å². The van der Waals surface area contributed by atoms with Crippen LogP contribution in [0.3, 0.4) is 0 Å². The number of hydrogen-bond donors (Lipinski definition) is 2. The summed E-state index contributed by atoms with van der Waals surface area (Å²) in [7, 11) is 0. The fourth-order valence-corrected chi connectivity index (χ4v) is 5.43. The number of aromatic nitrogens is 1. The molecular formula is C24H30F3N5OS. The maximum Gasteiger partial charge on any atom is 0.322 e. The quantitative estimate of drug-likeness (QED) is 0.527. The molecule has 1 aromatic carbocycles. The number of allylic oxidation sites excluding steroid dienone is 1. The number of carbonyl (C=O) groups excluding carboxylic acids is 1. The zero-order valence-corrected chi connectivity index (χ0v) is 19.8. The van der Waals surface area contributed by atoms with E-state index in [1.54, 1.807) is 16.2 Å². The highest BCUT2D eigenvalue weighted by atomic mass is 32.1. The molecule has 0 spiro atoms. The Bertz CT molecular complexity index is 1020. The number of carbonyl (C=O) groups is 1. The van der Waals surface area contributed by atoms with Crippen LogP contribution in [0, 0.1) is 5.82 Å². The summed E-state index contributed by atoms with van der Waals surface area (Å²) in [5, 5.41) is 3.61. The molecule has 2 aromatic rings. The molecule has 4 rings (SSSR count). The normalized spacial score (nSPS) is 18.9. The van der Waals surface area contributed by atoms with Crippen molar-refractivity contribution in [3.8, 4) is 0 Å². The molecule has 1 saturated heterocycles. The average molecular weight is 494 g/mol. The van der Waals surface area contributed by atoms with Crippen molar-refractivity contribution in [3.63, 3.8) is 0 Å². The van der Waals surface area contributed by atoms with Crippen molar-refractivity contribution in [3.05, 3.63) is 51.7 Å². The molecule has 34 heavy (non-hydrogen) atoms. The molecule has 1 fully saturated rings. The monoisotopic (exact) mass is 493 g/mol. The number of amides is 2. The summed E-state index contributed by atoms with van der Waals surface area (Å²) in [5.74, 6) is -0.982. The van der Waals surface area contributed by atoms with E-state index < -0.39 is 17.8 Å². The third-order valence-electron chi connectivity index (χ3n) is 6.47. The van der Waals surface area contributed by atoms with Crippen LogP contribution < -0.4 is 11.1 Å². The second kappa shape index (κ2) is 11.3. The number of halogens is 3. The first-order valence-electron chi connectivity index (χ1n) is 11.7. The van der Waals surface area contributed by atoms with Gasteiger partial charge in [-0.15, -0.1) is 11.3 Å². The van der Waals surface area contributed by atoms with Crippen molar-refractivity contribution < 1.29 is 18.0 Å². The van der Waals surface area contributed by atoms with Gasteiger partial charge in [0.05, 0.1) is 10.4 Å². The number of benzene rings is 1. The molecule has 1 aliphatic carbocycles. The number of nitrogens with one attached hydrogen (secondary N) is 1. The van der Waals surface area contributed by atoms with Crippen LogP contribution in [0.15, 0.2) is 30.5 Å². The van der Waals surface area contributed by atoms with E-state index in [0.717, 1.165) is 67.3 Å². The lowest BCUT2D eigenvalue weighted by Crippen LogP contribution is -2.47. The molecule has 3 N–H and O–H groups in total. The number of thiazole rings is 1. The first-order valence-corrected chi connectivity index (χ1v) is 12.5. The van der Waals surface area contributed by atoms with Crippen molar-refractivity contribution >= 4 is 28.6 Å². The fourth-order valence-electron chi connectivity index (χ4n) is 4.57. The highest BCUT2D eigenvalue weighted by Gasteiger charge is 2.28. The minimum Gasteiger partial charge on any atom is -0.325 e. The summed E-state index contributed by atoms with van der Waals surface area (Å²) in [6, 6.07) is 2.93. The Labute approximate surface area is 201 Å². The summed E-state index contributed by atoms with van der Waals surface area (Å²) < 4.78 is 39.9. The summed E-state index contributed by atoms with van der Waals surface area (Å²) in [5.41, 5.74) is 6.35. The molecule has 2 heterocycles. The molecule has 10 heteroatoms. The van der Waals surface area contributed by atoms with Crippen LogP contribution in [0.2, 0.25) is 0 Å². The molecule has 0 saturated carbocycles. The van der Waals surface area contributed by atoms with E-state index in [1.165, 1.54) is 11.6 Å². The number of rotatable bonds is 8. The lowest BCUT2D eigenvalue weighted by Gasteiger charge is -2.35. The SMILES string of the molecule is NCc1ncc(C2=CCC(N(CCN3CCCC3)C(=O)Nc3ccc(F)c(C(F)F)c3)CC2)s1. The number of hydrogen-bond acceptors (Lipinski definition) is 5. The number of likely N-dealkylation sites (tertiary alicyclic amines) is 1. The predicted octanol–water partition coefficient (Wildman–Crippen LogP) is 5.24. The summed E-state index contributed by atoms with van der Waals surface area (Å²) in [6.45, 7) is 3.77. The van der Waals surface area contributed by atoms with Gasteiger partial charge in [-0.05, 0) is 69.0 Å². The smallest absolute Gasteiger partial charge is 0.322 e. The van der Waals surface area contributed by atoms with E-state index in [9.17, 15) is 18.0 Å². The second-order valence-corrected chi connectivity index (χ2v) is 9.80. The van der Waals surface area contributed by atoms with Gasteiger partial charge in [0.2, 0.25) is 0 Å². The largest absolute Gasteiger partial charge is 0.325 e.